The molecule has 2 aromatic carbocycles. The largest absolute Gasteiger partial charge is 0.443 e. The fourth-order valence-corrected chi connectivity index (χ4v) is 7.31. The Morgan fingerprint density at radius 3 is 2.60 bits per heavy atom. The minimum atomic E-state index is -4.18. The molecule has 2 aliphatic heterocycles. The first-order chi connectivity index (χ1) is 21.7. The number of amides is 1. The van der Waals surface area contributed by atoms with Crippen molar-refractivity contribution in [1.82, 2.24) is 14.7 Å². The minimum absolute atomic E-state index is 0.0400. The van der Waals surface area contributed by atoms with Crippen LogP contribution < -0.4 is 10.6 Å². The number of ether oxygens (including phenoxy) is 3. The molecule has 0 spiro atoms. The van der Waals surface area contributed by atoms with E-state index in [1.807, 2.05) is 55.4 Å². The van der Waals surface area contributed by atoms with Crippen LogP contribution in [0, 0.1) is 5.92 Å². The van der Waals surface area contributed by atoms with E-state index in [-0.39, 0.29) is 42.8 Å². The summed E-state index contributed by atoms with van der Waals surface area (Å²) in [5, 5.41) is 17.7. The molecule has 5 atom stereocenters. The van der Waals surface area contributed by atoms with Crippen LogP contribution in [0.15, 0.2) is 59.5 Å². The number of nitrogens with zero attached hydrogens (tertiary/aromatic N) is 2. The van der Waals surface area contributed by atoms with Crippen molar-refractivity contribution < 1.29 is 37.4 Å². The maximum absolute atomic E-state index is 14.0. The number of nitrogens with one attached hydrogen (secondary N) is 2. The van der Waals surface area contributed by atoms with Gasteiger partial charge in [0.2, 0.25) is 0 Å². The number of benzene rings is 2. The number of aliphatic hydroxyl groups excluding tert-OH is 1. The van der Waals surface area contributed by atoms with Gasteiger partial charge in [-0.25, -0.2) is 13.2 Å². The summed E-state index contributed by atoms with van der Waals surface area (Å²) in [4.78, 5) is 21.3. The van der Waals surface area contributed by atoms with E-state index in [1.165, 1.54) is 6.07 Å². The first kappa shape index (κ1) is 33.6. The number of carbonyl (C=O) groups excluding carboxylic acids is 1. The van der Waals surface area contributed by atoms with Crippen molar-refractivity contribution in [2.75, 3.05) is 52.3 Å². The maximum Gasteiger partial charge on any atom is 0.407 e. The normalized spacial score (nSPS) is 23.3. The maximum atomic E-state index is 14.0. The van der Waals surface area contributed by atoms with Gasteiger partial charge in [-0.05, 0) is 63.5 Å². The Bertz CT molecular complexity index is 1340. The van der Waals surface area contributed by atoms with Gasteiger partial charge < -0.3 is 34.9 Å². The van der Waals surface area contributed by atoms with Gasteiger partial charge in [-0.2, -0.15) is 0 Å². The van der Waals surface area contributed by atoms with Gasteiger partial charge >= 0.3 is 6.09 Å². The number of hydrogen-bond acceptors (Lipinski definition) is 10. The molecule has 1 saturated carbocycles. The zero-order valence-electron chi connectivity index (χ0n) is 26.0. The summed E-state index contributed by atoms with van der Waals surface area (Å²) in [5.74, 6) is -0.0400. The number of fused-ring (bicyclic) bond motifs is 1. The number of hydroxylamine groups is 1. The van der Waals surface area contributed by atoms with Crippen molar-refractivity contribution in [3.63, 3.8) is 0 Å². The highest BCUT2D eigenvalue weighted by Gasteiger charge is 2.44. The number of likely N-dealkylation sites (N-methyl/N-ethyl adjacent to an activating group) is 1. The average molecular weight is 647 g/mol. The molecule has 0 aromatic heterocycles. The van der Waals surface area contributed by atoms with Crippen LogP contribution in [-0.2, 0) is 35.5 Å². The van der Waals surface area contributed by atoms with E-state index >= 15 is 0 Å². The van der Waals surface area contributed by atoms with Crippen molar-refractivity contribution in [3.05, 3.63) is 60.2 Å². The van der Waals surface area contributed by atoms with E-state index in [0.29, 0.717) is 18.8 Å². The van der Waals surface area contributed by atoms with Gasteiger partial charge in [-0.15, -0.1) is 0 Å². The SMILES string of the molecule is CN(C)CCNc1cccc(S(=O)(=O)N(C[C@@H](O)[C@H](Cc2ccccc2)NC(=O)O[C@@H]2COC3OCCC32)OC2CCCC2)c1. The molecule has 0 radical (unpaired) electrons. The summed E-state index contributed by atoms with van der Waals surface area (Å²) in [6.45, 7) is 1.81. The molecule has 3 N–H and O–H groups in total. The van der Waals surface area contributed by atoms with Crippen LogP contribution >= 0.6 is 0 Å². The molecule has 45 heavy (non-hydrogen) atoms. The Hall–Kier alpha value is -2.78. The van der Waals surface area contributed by atoms with Gasteiger partial charge in [0.25, 0.3) is 10.0 Å². The number of rotatable bonds is 15. The average Bonchev–Trinajstić information content (AvgIpc) is 3.78. The molecular weight excluding hydrogens is 600 g/mol. The van der Waals surface area contributed by atoms with Crippen LogP contribution in [0.5, 0.6) is 0 Å². The standard InChI is InChI=1S/C32H46N4O8S/c1-35(2)17-16-33-24-11-8-14-26(20-24)45(39,40)36(44-25-12-6-7-13-25)21-29(37)28(19-23-9-4-3-5-10-23)34-32(38)43-30-22-42-31-27(30)15-18-41-31/h3-5,8-11,14,20,25,27-31,33,37H,6-7,12-13,15-19,21-22H2,1-2H3,(H,34,38)/t27?,28-,29+,30+,31?/m0/s1. The highest BCUT2D eigenvalue weighted by molar-refractivity contribution is 7.89. The van der Waals surface area contributed by atoms with Crippen LogP contribution in [0.4, 0.5) is 10.5 Å². The highest BCUT2D eigenvalue weighted by atomic mass is 32.2. The second kappa shape index (κ2) is 15.7. The fraction of sp³-hybridized carbons (Fsp3) is 0.594. The molecule has 5 rings (SSSR count). The molecule has 3 fully saturated rings. The topological polar surface area (TPSA) is 139 Å². The van der Waals surface area contributed by atoms with E-state index in [1.54, 1.807) is 12.1 Å². The van der Waals surface area contributed by atoms with Crippen molar-refractivity contribution in [2.24, 2.45) is 5.92 Å². The quantitative estimate of drug-likeness (QED) is 0.248. The molecule has 1 aliphatic carbocycles. The Kier molecular flexibility index (Phi) is 11.7. The van der Waals surface area contributed by atoms with E-state index in [4.69, 9.17) is 19.0 Å². The van der Waals surface area contributed by atoms with Crippen molar-refractivity contribution in [1.29, 1.82) is 0 Å². The van der Waals surface area contributed by atoms with Crippen LogP contribution in [0.25, 0.3) is 0 Å². The fourth-order valence-electron chi connectivity index (χ4n) is 5.97. The van der Waals surface area contributed by atoms with Crippen molar-refractivity contribution >= 4 is 21.8 Å². The summed E-state index contributed by atoms with van der Waals surface area (Å²) in [6, 6.07) is 15.1. The molecule has 2 heterocycles. The molecule has 12 nitrogen and oxygen atoms in total. The second-order valence-electron chi connectivity index (χ2n) is 12.2. The number of sulfonamides is 1. The number of alkyl carbamates (subject to hydrolysis) is 1. The molecule has 248 valence electrons. The lowest BCUT2D eigenvalue weighted by molar-refractivity contribution is -0.145. The molecule has 2 unspecified atom stereocenters. The molecule has 13 heteroatoms. The van der Waals surface area contributed by atoms with Crippen molar-refractivity contribution in [3.8, 4) is 0 Å². The van der Waals surface area contributed by atoms with Gasteiger partial charge in [-0.1, -0.05) is 53.7 Å². The smallest absolute Gasteiger partial charge is 0.407 e. The minimum Gasteiger partial charge on any atom is -0.443 e. The number of carbonyl (C=O) groups is 1. The molecule has 2 saturated heterocycles. The van der Waals surface area contributed by atoms with Crippen LogP contribution in [-0.4, -0.2) is 107 Å². The van der Waals surface area contributed by atoms with Crippen LogP contribution in [0.3, 0.4) is 0 Å². The predicted molar refractivity (Wildman–Crippen MR) is 168 cm³/mol. The second-order valence-corrected chi connectivity index (χ2v) is 14.1. The molecule has 0 bridgehead atoms. The first-order valence-electron chi connectivity index (χ1n) is 15.8. The van der Waals surface area contributed by atoms with E-state index < -0.39 is 34.4 Å². The highest BCUT2D eigenvalue weighted by Crippen LogP contribution is 2.33. The lowest BCUT2D eigenvalue weighted by atomic mass is 10.0. The lowest BCUT2D eigenvalue weighted by Gasteiger charge is -2.31. The Labute approximate surface area is 266 Å². The zero-order valence-corrected chi connectivity index (χ0v) is 26.9. The van der Waals surface area contributed by atoms with Gasteiger partial charge in [0, 0.05) is 18.8 Å². The third-order valence-electron chi connectivity index (χ3n) is 8.50. The summed E-state index contributed by atoms with van der Waals surface area (Å²) in [6.07, 6.45) is 1.15. The van der Waals surface area contributed by atoms with E-state index in [0.717, 1.165) is 48.7 Å². The summed E-state index contributed by atoms with van der Waals surface area (Å²) in [5.41, 5.74) is 1.52. The van der Waals surface area contributed by atoms with Gasteiger partial charge in [0.1, 0.15) is 6.10 Å². The monoisotopic (exact) mass is 646 g/mol. The summed E-state index contributed by atoms with van der Waals surface area (Å²) >= 11 is 0. The van der Waals surface area contributed by atoms with Crippen LogP contribution in [0.2, 0.25) is 0 Å². The van der Waals surface area contributed by atoms with Crippen LogP contribution in [0.1, 0.15) is 37.7 Å². The number of hydrogen-bond donors (Lipinski definition) is 3. The molecular formula is C32H46N4O8S. The summed E-state index contributed by atoms with van der Waals surface area (Å²) < 4.78 is 45.8. The van der Waals surface area contributed by atoms with E-state index in [9.17, 15) is 18.3 Å². The third kappa shape index (κ3) is 9.16. The Balaban J connectivity index is 1.33. The first-order valence-corrected chi connectivity index (χ1v) is 17.2. The lowest BCUT2D eigenvalue weighted by Crippen LogP contribution is -2.51. The zero-order chi connectivity index (χ0) is 31.8. The number of aliphatic hydroxyl groups is 1. The molecule has 2 aromatic rings. The van der Waals surface area contributed by atoms with Gasteiger partial charge in [0.05, 0.1) is 48.8 Å². The Morgan fingerprint density at radius 2 is 1.84 bits per heavy atom. The predicted octanol–water partition coefficient (Wildman–Crippen LogP) is 2.98. The summed E-state index contributed by atoms with van der Waals surface area (Å²) in [7, 11) is -0.251. The Morgan fingerprint density at radius 1 is 1.07 bits per heavy atom. The van der Waals surface area contributed by atoms with Crippen molar-refractivity contribution in [2.45, 2.75) is 74.1 Å². The van der Waals surface area contributed by atoms with Gasteiger partial charge in [-0.3, -0.25) is 4.84 Å². The van der Waals surface area contributed by atoms with E-state index in [2.05, 4.69) is 10.6 Å². The van der Waals surface area contributed by atoms with Gasteiger partial charge in [0.15, 0.2) is 6.29 Å². The third-order valence-corrected chi connectivity index (χ3v) is 10.1. The molecule has 1 amide bonds. The molecule has 3 aliphatic rings. The number of anilines is 1.